The van der Waals surface area contributed by atoms with Crippen LogP contribution in [0.1, 0.15) is 50.8 Å². The summed E-state index contributed by atoms with van der Waals surface area (Å²) >= 11 is 0. The fourth-order valence-electron chi connectivity index (χ4n) is 2.53. The van der Waals surface area contributed by atoms with E-state index in [-0.39, 0.29) is 18.5 Å². The lowest BCUT2D eigenvalue weighted by Gasteiger charge is -2.19. The molecular weight excluding hydrogens is 292 g/mol. The average Bonchev–Trinajstić information content (AvgIpc) is 2.53. The molecule has 3 N–H and O–H groups in total. The van der Waals surface area contributed by atoms with E-state index in [0.29, 0.717) is 5.92 Å². The van der Waals surface area contributed by atoms with Gasteiger partial charge < -0.3 is 10.1 Å². The van der Waals surface area contributed by atoms with E-state index in [9.17, 15) is 9.59 Å². The van der Waals surface area contributed by atoms with Crippen LogP contribution in [-0.2, 0) is 16.0 Å². The van der Waals surface area contributed by atoms with Crippen molar-refractivity contribution in [1.29, 1.82) is 0 Å². The lowest BCUT2D eigenvalue weighted by Crippen LogP contribution is -2.88. The molecule has 0 bridgehead atoms. The van der Waals surface area contributed by atoms with Gasteiger partial charge in [-0.3, -0.25) is 10.1 Å². The molecule has 128 valence electrons. The van der Waals surface area contributed by atoms with Gasteiger partial charge in [0.25, 0.3) is 5.91 Å². The maximum Gasteiger partial charge on any atom is 0.413 e. The Morgan fingerprint density at radius 2 is 1.87 bits per heavy atom. The van der Waals surface area contributed by atoms with Crippen molar-refractivity contribution in [2.75, 3.05) is 13.7 Å². The highest BCUT2D eigenvalue weighted by Gasteiger charge is 2.21. The Hall–Kier alpha value is -1.88. The number of hydrogen-bond donors (Lipinski definition) is 2. The van der Waals surface area contributed by atoms with E-state index in [1.165, 1.54) is 31.1 Å². The number of amides is 2. The number of nitrogens with one attached hydrogen (secondary N) is 1. The third-order valence-electron chi connectivity index (χ3n) is 3.89. The zero-order chi connectivity index (χ0) is 17.2. The molecule has 23 heavy (non-hydrogen) atoms. The van der Waals surface area contributed by atoms with Gasteiger partial charge in [-0.15, -0.1) is 0 Å². The Labute approximate surface area is 138 Å². The largest absolute Gasteiger partial charge is 0.453 e. The summed E-state index contributed by atoms with van der Waals surface area (Å²) in [4.78, 5) is 22.7. The fourth-order valence-corrected chi connectivity index (χ4v) is 2.53. The summed E-state index contributed by atoms with van der Waals surface area (Å²) in [6, 6.07) is 8.80. The summed E-state index contributed by atoms with van der Waals surface area (Å²) in [5, 5.41) is 4.14. The Kier molecular flexibility index (Phi) is 8.33. The molecule has 0 unspecified atom stereocenters. The van der Waals surface area contributed by atoms with Gasteiger partial charge in [0.1, 0.15) is 6.04 Å². The fraction of sp³-hybridized carbons (Fsp3) is 0.556. The van der Waals surface area contributed by atoms with Gasteiger partial charge in [0.15, 0.2) is 6.54 Å². The Balaban J connectivity index is 2.64. The van der Waals surface area contributed by atoms with Crippen molar-refractivity contribution in [3.63, 3.8) is 0 Å². The SMILES string of the molecule is CCCCc1ccc([C@H]([NH2+]CC(=O)NC(=O)OC)C(C)C)cc1. The Morgan fingerprint density at radius 1 is 1.22 bits per heavy atom. The minimum Gasteiger partial charge on any atom is -0.453 e. The van der Waals surface area contributed by atoms with E-state index in [4.69, 9.17) is 0 Å². The molecule has 0 aliphatic rings. The van der Waals surface area contributed by atoms with Crippen molar-refractivity contribution < 1.29 is 19.6 Å². The number of carbonyl (C=O) groups excluding carboxylic acids is 2. The maximum atomic E-state index is 11.7. The molecule has 0 aromatic heterocycles. The number of ether oxygens (including phenoxy) is 1. The van der Waals surface area contributed by atoms with Crippen LogP contribution in [0.3, 0.4) is 0 Å². The predicted octanol–water partition coefficient (Wildman–Crippen LogP) is 2.17. The molecule has 2 amide bonds. The van der Waals surface area contributed by atoms with Crippen LogP contribution in [0.25, 0.3) is 0 Å². The Bertz CT molecular complexity index is 497. The van der Waals surface area contributed by atoms with E-state index in [1.807, 2.05) is 5.32 Å². The number of nitrogens with two attached hydrogens (primary N) is 1. The maximum absolute atomic E-state index is 11.7. The molecule has 0 radical (unpaired) electrons. The number of unbranched alkanes of at least 4 members (excludes halogenated alkanes) is 1. The highest BCUT2D eigenvalue weighted by molar-refractivity contribution is 5.92. The zero-order valence-corrected chi connectivity index (χ0v) is 14.6. The number of hydrogen-bond acceptors (Lipinski definition) is 3. The lowest BCUT2D eigenvalue weighted by atomic mass is 9.94. The molecule has 1 rings (SSSR count). The first kappa shape index (κ1) is 19.2. The highest BCUT2D eigenvalue weighted by atomic mass is 16.5. The number of rotatable bonds is 8. The summed E-state index contributed by atoms with van der Waals surface area (Å²) < 4.78 is 4.42. The molecule has 1 aromatic rings. The van der Waals surface area contributed by atoms with Crippen molar-refractivity contribution in [1.82, 2.24) is 5.32 Å². The quantitative estimate of drug-likeness (QED) is 0.771. The van der Waals surface area contributed by atoms with Crippen molar-refractivity contribution in [2.24, 2.45) is 5.92 Å². The molecular formula is C18H29N2O3+. The number of quaternary nitrogens is 1. The molecule has 0 fully saturated rings. The van der Waals surface area contributed by atoms with Crippen LogP contribution in [0.15, 0.2) is 24.3 Å². The van der Waals surface area contributed by atoms with Gasteiger partial charge in [0.2, 0.25) is 0 Å². The van der Waals surface area contributed by atoms with Gasteiger partial charge in [-0.2, -0.15) is 0 Å². The molecule has 0 heterocycles. The molecule has 5 nitrogen and oxygen atoms in total. The van der Waals surface area contributed by atoms with Gasteiger partial charge in [-0.25, -0.2) is 4.79 Å². The van der Waals surface area contributed by atoms with E-state index in [1.54, 1.807) is 0 Å². The topological polar surface area (TPSA) is 72.0 Å². The minimum absolute atomic E-state index is 0.179. The molecule has 0 saturated heterocycles. The second-order valence-corrected chi connectivity index (χ2v) is 6.09. The van der Waals surface area contributed by atoms with Crippen LogP contribution < -0.4 is 10.6 Å². The van der Waals surface area contributed by atoms with Crippen LogP contribution in [0.2, 0.25) is 0 Å². The highest BCUT2D eigenvalue weighted by Crippen LogP contribution is 2.18. The van der Waals surface area contributed by atoms with Crippen LogP contribution in [0, 0.1) is 5.92 Å². The standard InChI is InChI=1S/C18H28N2O3/c1-5-6-7-14-8-10-15(11-9-14)17(13(2)3)19-12-16(21)20-18(22)23-4/h8-11,13,17,19H,5-7,12H2,1-4H3,(H,20,21,22)/p+1/t17-/m1/s1. The third kappa shape index (κ3) is 6.82. The second kappa shape index (κ2) is 10.0. The van der Waals surface area contributed by atoms with Gasteiger partial charge >= 0.3 is 6.09 Å². The van der Waals surface area contributed by atoms with Crippen LogP contribution in [0.4, 0.5) is 4.79 Å². The summed E-state index contributed by atoms with van der Waals surface area (Å²) in [7, 11) is 1.24. The number of carbonyl (C=O) groups is 2. The zero-order valence-electron chi connectivity index (χ0n) is 14.6. The summed E-state index contributed by atoms with van der Waals surface area (Å²) in [6.07, 6.45) is 2.78. The summed E-state index contributed by atoms with van der Waals surface area (Å²) in [5.74, 6) is 0.0319. The first-order chi connectivity index (χ1) is 11.0. The number of methoxy groups -OCH3 is 1. The van der Waals surface area contributed by atoms with E-state index in [2.05, 4.69) is 55.1 Å². The van der Waals surface area contributed by atoms with Crippen molar-refractivity contribution in [3.8, 4) is 0 Å². The van der Waals surface area contributed by atoms with Crippen molar-refractivity contribution in [2.45, 2.75) is 46.1 Å². The number of alkyl carbamates (subject to hydrolysis) is 1. The second-order valence-electron chi connectivity index (χ2n) is 6.09. The van der Waals surface area contributed by atoms with Crippen molar-refractivity contribution in [3.05, 3.63) is 35.4 Å². The molecule has 5 heteroatoms. The summed E-state index contributed by atoms with van der Waals surface area (Å²) in [6.45, 7) is 6.64. The smallest absolute Gasteiger partial charge is 0.413 e. The molecule has 0 saturated carbocycles. The summed E-state index contributed by atoms with van der Waals surface area (Å²) in [5.41, 5.74) is 2.55. The lowest BCUT2D eigenvalue weighted by molar-refractivity contribution is -0.692. The van der Waals surface area contributed by atoms with Gasteiger partial charge in [0.05, 0.1) is 7.11 Å². The van der Waals surface area contributed by atoms with E-state index in [0.717, 1.165) is 6.42 Å². The van der Waals surface area contributed by atoms with Gasteiger partial charge in [0, 0.05) is 11.5 Å². The number of benzene rings is 1. The monoisotopic (exact) mass is 321 g/mol. The first-order valence-electron chi connectivity index (χ1n) is 8.27. The molecule has 0 aliphatic heterocycles. The third-order valence-corrected chi connectivity index (χ3v) is 3.89. The van der Waals surface area contributed by atoms with E-state index >= 15 is 0 Å². The van der Waals surface area contributed by atoms with Crippen molar-refractivity contribution >= 4 is 12.0 Å². The van der Waals surface area contributed by atoms with Gasteiger partial charge in [-0.1, -0.05) is 51.5 Å². The number of aryl methyl sites for hydroxylation is 1. The molecule has 1 aromatic carbocycles. The Morgan fingerprint density at radius 3 is 2.39 bits per heavy atom. The van der Waals surface area contributed by atoms with E-state index < -0.39 is 6.09 Å². The van der Waals surface area contributed by atoms with Crippen LogP contribution >= 0.6 is 0 Å². The number of imide groups is 1. The predicted molar refractivity (Wildman–Crippen MR) is 90.0 cm³/mol. The first-order valence-corrected chi connectivity index (χ1v) is 8.27. The van der Waals surface area contributed by atoms with Crippen LogP contribution in [0.5, 0.6) is 0 Å². The van der Waals surface area contributed by atoms with Crippen LogP contribution in [-0.4, -0.2) is 25.7 Å². The molecule has 1 atom stereocenters. The normalized spacial score (nSPS) is 12.0. The minimum atomic E-state index is -0.718. The average molecular weight is 321 g/mol. The molecule has 0 spiro atoms. The van der Waals surface area contributed by atoms with Gasteiger partial charge in [-0.05, 0) is 18.4 Å². The molecule has 0 aliphatic carbocycles.